The first-order valence-electron chi connectivity index (χ1n) is 11.1. The average Bonchev–Trinajstić information content (AvgIpc) is 3.46. The molecular formula is C27H25NO6S. The van der Waals surface area contributed by atoms with Crippen LogP contribution in [0.4, 0.5) is 5.69 Å². The maximum absolute atomic E-state index is 13.2. The second-order valence-corrected chi connectivity index (χ2v) is 9.28. The third-order valence-electron chi connectivity index (χ3n) is 5.53. The van der Waals surface area contributed by atoms with Crippen molar-refractivity contribution in [3.8, 4) is 5.75 Å². The Bertz CT molecular complexity index is 1280. The first kappa shape index (κ1) is 24.2. The maximum atomic E-state index is 13.2. The number of thiophene rings is 1. The first-order chi connectivity index (χ1) is 16.8. The molecule has 2 heterocycles. The molecule has 1 amide bonds. The van der Waals surface area contributed by atoms with E-state index in [0.717, 1.165) is 10.4 Å². The fourth-order valence-electron chi connectivity index (χ4n) is 3.99. The number of hydrogen-bond acceptors (Lipinski definition) is 7. The Hall–Kier alpha value is -3.91. The molecule has 1 N–H and O–H groups in total. The van der Waals surface area contributed by atoms with Gasteiger partial charge in [-0.1, -0.05) is 30.3 Å². The molecule has 1 saturated heterocycles. The molecule has 4 rings (SSSR count). The maximum Gasteiger partial charge on any atom is 0.310 e. The largest absolute Gasteiger partial charge is 0.507 e. The number of aliphatic hydroxyl groups is 1. The smallest absolute Gasteiger partial charge is 0.310 e. The van der Waals surface area contributed by atoms with Gasteiger partial charge in [0.1, 0.15) is 17.6 Å². The third kappa shape index (κ3) is 4.97. The lowest BCUT2D eigenvalue weighted by molar-refractivity contribution is -0.146. The molecular weight excluding hydrogens is 466 g/mol. The molecule has 0 radical (unpaired) electrons. The first-order valence-corrected chi connectivity index (χ1v) is 12.0. The fourth-order valence-corrected chi connectivity index (χ4v) is 4.81. The van der Waals surface area contributed by atoms with Crippen LogP contribution in [0.25, 0.3) is 5.76 Å². The SMILES string of the molecule is COc1cccc(/C(O)=C2/C(=O)C(=O)N(c3ccc(CC(=O)OC(C)C)cc3)C2c2cccs2)c1. The minimum atomic E-state index is -0.794. The van der Waals surface area contributed by atoms with E-state index < -0.39 is 17.7 Å². The lowest BCUT2D eigenvalue weighted by atomic mass is 9.99. The van der Waals surface area contributed by atoms with Crippen LogP contribution < -0.4 is 9.64 Å². The molecule has 35 heavy (non-hydrogen) atoms. The molecule has 0 spiro atoms. The number of methoxy groups -OCH3 is 1. The van der Waals surface area contributed by atoms with Gasteiger partial charge in [-0.25, -0.2) is 0 Å². The zero-order valence-corrected chi connectivity index (χ0v) is 20.4. The summed E-state index contributed by atoms with van der Waals surface area (Å²) in [4.78, 5) is 40.5. The molecule has 8 heteroatoms. The third-order valence-corrected chi connectivity index (χ3v) is 6.46. The van der Waals surface area contributed by atoms with Crippen LogP contribution >= 0.6 is 11.3 Å². The summed E-state index contributed by atoms with van der Waals surface area (Å²) in [6.07, 6.45) is -0.106. The Labute approximate surface area is 207 Å². The van der Waals surface area contributed by atoms with Gasteiger partial charge in [-0.2, -0.15) is 0 Å². The molecule has 1 aliphatic heterocycles. The van der Waals surface area contributed by atoms with Crippen LogP contribution in [0.1, 0.15) is 35.9 Å². The van der Waals surface area contributed by atoms with Gasteiger partial charge in [0.2, 0.25) is 0 Å². The van der Waals surface area contributed by atoms with Gasteiger partial charge < -0.3 is 14.6 Å². The van der Waals surface area contributed by atoms with E-state index in [2.05, 4.69) is 0 Å². The van der Waals surface area contributed by atoms with E-state index in [1.54, 1.807) is 62.4 Å². The van der Waals surface area contributed by atoms with Crippen molar-refractivity contribution < 1.29 is 29.0 Å². The summed E-state index contributed by atoms with van der Waals surface area (Å²) in [7, 11) is 1.51. The number of hydrogen-bond donors (Lipinski definition) is 1. The number of rotatable bonds is 7. The van der Waals surface area contributed by atoms with Crippen molar-refractivity contribution in [2.45, 2.75) is 32.4 Å². The van der Waals surface area contributed by atoms with Crippen LogP contribution in [0.3, 0.4) is 0 Å². The van der Waals surface area contributed by atoms with E-state index in [4.69, 9.17) is 9.47 Å². The molecule has 180 valence electrons. The molecule has 1 unspecified atom stereocenters. The highest BCUT2D eigenvalue weighted by Crippen LogP contribution is 2.43. The monoisotopic (exact) mass is 491 g/mol. The van der Waals surface area contributed by atoms with Gasteiger partial charge in [-0.3, -0.25) is 19.3 Å². The topological polar surface area (TPSA) is 93.1 Å². The number of benzene rings is 2. The van der Waals surface area contributed by atoms with Crippen LogP contribution in [-0.2, 0) is 25.5 Å². The Morgan fingerprint density at radius 3 is 2.46 bits per heavy atom. The number of ether oxygens (including phenoxy) is 2. The predicted octanol–water partition coefficient (Wildman–Crippen LogP) is 4.88. The zero-order chi connectivity index (χ0) is 25.1. The van der Waals surface area contributed by atoms with Gasteiger partial charge in [0.25, 0.3) is 11.7 Å². The van der Waals surface area contributed by atoms with Crippen molar-refractivity contribution in [2.75, 3.05) is 12.0 Å². The van der Waals surface area contributed by atoms with E-state index >= 15 is 0 Å². The Kier molecular flexibility index (Phi) is 7.02. The van der Waals surface area contributed by atoms with Crippen LogP contribution in [-0.4, -0.2) is 36.0 Å². The molecule has 0 bridgehead atoms. The minimum Gasteiger partial charge on any atom is -0.507 e. The number of Topliss-reactive ketones (excluding diaryl/α,β-unsaturated/α-hetero) is 1. The van der Waals surface area contributed by atoms with Crippen molar-refractivity contribution in [2.24, 2.45) is 0 Å². The lowest BCUT2D eigenvalue weighted by Gasteiger charge is -2.24. The lowest BCUT2D eigenvalue weighted by Crippen LogP contribution is -2.29. The summed E-state index contributed by atoms with van der Waals surface area (Å²) in [5.74, 6) is -1.60. The van der Waals surface area contributed by atoms with Crippen molar-refractivity contribution in [3.63, 3.8) is 0 Å². The second kappa shape index (κ2) is 10.1. The van der Waals surface area contributed by atoms with Crippen molar-refractivity contribution in [1.29, 1.82) is 0 Å². The van der Waals surface area contributed by atoms with Gasteiger partial charge >= 0.3 is 5.97 Å². The summed E-state index contributed by atoms with van der Waals surface area (Å²) in [5, 5.41) is 13.0. The van der Waals surface area contributed by atoms with Gasteiger partial charge in [0.05, 0.1) is 25.2 Å². The van der Waals surface area contributed by atoms with Gasteiger partial charge in [0.15, 0.2) is 0 Å². The predicted molar refractivity (Wildman–Crippen MR) is 133 cm³/mol. The van der Waals surface area contributed by atoms with E-state index in [1.807, 2.05) is 17.5 Å². The Morgan fingerprint density at radius 2 is 1.83 bits per heavy atom. The second-order valence-electron chi connectivity index (χ2n) is 8.30. The number of ketones is 1. The summed E-state index contributed by atoms with van der Waals surface area (Å²) in [5.41, 5.74) is 1.59. The summed E-state index contributed by atoms with van der Waals surface area (Å²) >= 11 is 1.39. The zero-order valence-electron chi connectivity index (χ0n) is 19.6. The van der Waals surface area contributed by atoms with E-state index in [-0.39, 0.29) is 29.8 Å². The highest BCUT2D eigenvalue weighted by atomic mass is 32.1. The van der Waals surface area contributed by atoms with Crippen LogP contribution in [0.15, 0.2) is 71.6 Å². The van der Waals surface area contributed by atoms with Crippen LogP contribution in [0.5, 0.6) is 5.75 Å². The number of carbonyl (C=O) groups excluding carboxylic acids is 3. The number of anilines is 1. The molecule has 1 aromatic heterocycles. The van der Waals surface area contributed by atoms with Gasteiger partial charge in [-0.15, -0.1) is 11.3 Å². The number of amides is 1. The molecule has 1 aliphatic rings. The molecule has 7 nitrogen and oxygen atoms in total. The summed E-state index contributed by atoms with van der Waals surface area (Å²) in [6.45, 7) is 3.57. The molecule has 2 aromatic carbocycles. The number of nitrogens with zero attached hydrogens (tertiary/aromatic N) is 1. The summed E-state index contributed by atoms with van der Waals surface area (Å²) in [6, 6.07) is 16.4. The normalized spacial score (nSPS) is 17.1. The standard InChI is InChI=1S/C27H25NO6S/c1-16(2)34-22(29)14-17-9-11-19(12-10-17)28-24(21-8-5-13-35-21)23(26(31)27(28)32)25(30)18-6-4-7-20(15-18)33-3/h4-13,15-16,24,30H,14H2,1-3H3/b25-23-. The highest BCUT2D eigenvalue weighted by molar-refractivity contribution is 7.10. The quantitative estimate of drug-likeness (QED) is 0.219. The number of aliphatic hydroxyl groups excluding tert-OH is 1. The van der Waals surface area contributed by atoms with Crippen LogP contribution in [0, 0.1) is 0 Å². The molecule has 0 aliphatic carbocycles. The molecule has 1 fully saturated rings. The Balaban J connectivity index is 1.74. The Morgan fingerprint density at radius 1 is 1.09 bits per heavy atom. The number of carbonyl (C=O) groups is 3. The molecule has 3 aromatic rings. The van der Waals surface area contributed by atoms with Crippen molar-refractivity contribution >= 4 is 40.4 Å². The van der Waals surface area contributed by atoms with Crippen molar-refractivity contribution in [3.05, 3.63) is 87.6 Å². The average molecular weight is 492 g/mol. The van der Waals surface area contributed by atoms with Crippen molar-refractivity contribution in [1.82, 2.24) is 0 Å². The molecule has 1 atom stereocenters. The fraction of sp³-hybridized carbons (Fsp3) is 0.222. The van der Waals surface area contributed by atoms with E-state index in [9.17, 15) is 19.5 Å². The highest BCUT2D eigenvalue weighted by Gasteiger charge is 2.47. The summed E-state index contributed by atoms with van der Waals surface area (Å²) < 4.78 is 10.4. The van der Waals surface area contributed by atoms with Crippen LogP contribution in [0.2, 0.25) is 0 Å². The van der Waals surface area contributed by atoms with E-state index in [0.29, 0.717) is 17.0 Å². The van der Waals surface area contributed by atoms with E-state index in [1.165, 1.54) is 23.3 Å². The van der Waals surface area contributed by atoms with Gasteiger partial charge in [-0.05, 0) is 55.1 Å². The number of esters is 1. The van der Waals surface area contributed by atoms with Gasteiger partial charge in [0, 0.05) is 16.1 Å². The molecule has 0 saturated carbocycles. The minimum absolute atomic E-state index is 0.00953.